The molecule has 0 radical (unpaired) electrons. The third-order valence-electron chi connectivity index (χ3n) is 5.38. The van der Waals surface area contributed by atoms with Crippen molar-refractivity contribution in [2.45, 2.75) is 6.10 Å². The van der Waals surface area contributed by atoms with E-state index < -0.39 is 0 Å². The summed E-state index contributed by atoms with van der Waals surface area (Å²) in [5.41, 5.74) is 2.02. The summed E-state index contributed by atoms with van der Waals surface area (Å²) in [5.74, 6) is 0.859. The second-order valence-corrected chi connectivity index (χ2v) is 8.66. The number of thiophene rings is 1. The van der Waals surface area contributed by atoms with Gasteiger partial charge in [0.1, 0.15) is 15.5 Å². The van der Waals surface area contributed by atoms with E-state index in [2.05, 4.69) is 22.0 Å². The fourth-order valence-corrected chi connectivity index (χ4v) is 5.02. The monoisotopic (exact) mass is 437 g/mol. The highest BCUT2D eigenvalue weighted by Crippen LogP contribution is 2.37. The molecular weight excluding hydrogens is 410 g/mol. The Bertz CT molecular complexity index is 1090. The number of methoxy groups -OCH3 is 1. The number of aromatic nitrogens is 1. The maximum atomic E-state index is 12.9. The van der Waals surface area contributed by atoms with Gasteiger partial charge in [0.15, 0.2) is 0 Å². The SMILES string of the molecule is COc1ccccc1/C=C/CN1CCO[C@H](c2c(C(=O)N(C)C)sc3ncccc23)C1. The van der Waals surface area contributed by atoms with E-state index in [9.17, 15) is 4.79 Å². The van der Waals surface area contributed by atoms with Crippen LogP contribution in [0.3, 0.4) is 0 Å². The van der Waals surface area contributed by atoms with Gasteiger partial charge in [0.2, 0.25) is 0 Å². The topological polar surface area (TPSA) is 54.9 Å². The lowest BCUT2D eigenvalue weighted by molar-refractivity contribution is -0.0254. The Balaban J connectivity index is 1.55. The lowest BCUT2D eigenvalue weighted by Gasteiger charge is -2.32. The molecule has 1 aliphatic rings. The van der Waals surface area contributed by atoms with Crippen molar-refractivity contribution in [2.75, 3.05) is 47.4 Å². The molecule has 1 fully saturated rings. The van der Waals surface area contributed by atoms with Gasteiger partial charge in [-0.3, -0.25) is 9.69 Å². The summed E-state index contributed by atoms with van der Waals surface area (Å²) >= 11 is 1.45. The number of pyridine rings is 1. The first-order valence-corrected chi connectivity index (χ1v) is 11.1. The molecule has 1 saturated heterocycles. The molecule has 0 aliphatic carbocycles. The maximum Gasteiger partial charge on any atom is 0.263 e. The van der Waals surface area contributed by atoms with Crippen molar-refractivity contribution in [3.8, 4) is 5.75 Å². The van der Waals surface area contributed by atoms with Crippen LogP contribution in [0.4, 0.5) is 0 Å². The van der Waals surface area contributed by atoms with E-state index in [1.54, 1.807) is 32.3 Å². The number of benzene rings is 1. The highest BCUT2D eigenvalue weighted by molar-refractivity contribution is 7.20. The van der Waals surface area contributed by atoms with Crippen LogP contribution in [0.1, 0.15) is 26.9 Å². The first-order chi connectivity index (χ1) is 15.1. The second-order valence-electron chi connectivity index (χ2n) is 7.66. The molecule has 3 aromatic rings. The summed E-state index contributed by atoms with van der Waals surface area (Å²) in [6.07, 6.45) is 5.85. The number of rotatable bonds is 6. The number of carbonyl (C=O) groups excluding carboxylic acids is 1. The average molecular weight is 438 g/mol. The predicted octanol–water partition coefficient (Wildman–Crippen LogP) is 4.09. The maximum absolute atomic E-state index is 12.9. The van der Waals surface area contributed by atoms with Gasteiger partial charge in [-0.15, -0.1) is 11.3 Å². The van der Waals surface area contributed by atoms with E-state index in [4.69, 9.17) is 9.47 Å². The molecule has 2 aromatic heterocycles. The number of hydrogen-bond acceptors (Lipinski definition) is 6. The lowest BCUT2D eigenvalue weighted by atomic mass is 10.0. The smallest absolute Gasteiger partial charge is 0.263 e. The summed E-state index contributed by atoms with van der Waals surface area (Å²) in [5, 5.41) is 1.01. The third kappa shape index (κ3) is 4.63. The Morgan fingerprint density at radius 1 is 1.32 bits per heavy atom. The number of morpholine rings is 1. The average Bonchev–Trinajstić information content (AvgIpc) is 3.18. The molecule has 0 bridgehead atoms. The third-order valence-corrected chi connectivity index (χ3v) is 6.49. The van der Waals surface area contributed by atoms with Crippen molar-refractivity contribution in [1.29, 1.82) is 0 Å². The van der Waals surface area contributed by atoms with Gasteiger partial charge in [-0.25, -0.2) is 4.98 Å². The summed E-state index contributed by atoms with van der Waals surface area (Å²) in [6.45, 7) is 3.00. The van der Waals surface area contributed by atoms with Crippen LogP contribution in [0, 0.1) is 0 Å². The van der Waals surface area contributed by atoms with Gasteiger partial charge in [-0.05, 0) is 12.1 Å². The standard InChI is InChI=1S/C24H27N3O3S/c1-26(2)24(28)22-21(18-10-6-12-25-23(18)31-22)20-16-27(14-15-30-20)13-7-9-17-8-4-5-11-19(17)29-3/h4-12,20H,13-16H2,1-3H3/b9-7+/t20-/m0/s1. The minimum absolute atomic E-state index is 0.00482. The van der Waals surface area contributed by atoms with E-state index in [0.717, 1.165) is 51.6 Å². The van der Waals surface area contributed by atoms with Crippen LogP contribution < -0.4 is 4.74 Å². The molecule has 1 aliphatic heterocycles. The number of fused-ring (bicyclic) bond motifs is 1. The molecule has 4 rings (SSSR count). The molecule has 3 heterocycles. The second kappa shape index (κ2) is 9.60. The Morgan fingerprint density at radius 3 is 2.97 bits per heavy atom. The van der Waals surface area contributed by atoms with Crippen molar-refractivity contribution in [3.63, 3.8) is 0 Å². The van der Waals surface area contributed by atoms with E-state index in [-0.39, 0.29) is 12.0 Å². The summed E-state index contributed by atoms with van der Waals surface area (Å²) < 4.78 is 11.6. The van der Waals surface area contributed by atoms with Gasteiger partial charge >= 0.3 is 0 Å². The largest absolute Gasteiger partial charge is 0.496 e. The highest BCUT2D eigenvalue weighted by Gasteiger charge is 2.30. The Labute approximate surface area is 186 Å². The molecule has 7 heteroatoms. The molecule has 0 unspecified atom stereocenters. The normalized spacial score (nSPS) is 17.3. The first-order valence-electron chi connectivity index (χ1n) is 10.3. The fourth-order valence-electron chi connectivity index (χ4n) is 3.81. The number of hydrogen-bond donors (Lipinski definition) is 0. The van der Waals surface area contributed by atoms with Crippen LogP contribution in [0.2, 0.25) is 0 Å². The van der Waals surface area contributed by atoms with Crippen LogP contribution in [0.15, 0.2) is 48.7 Å². The van der Waals surface area contributed by atoms with Gasteiger partial charge in [0.05, 0.1) is 19.8 Å². The van der Waals surface area contributed by atoms with Crippen LogP contribution >= 0.6 is 11.3 Å². The van der Waals surface area contributed by atoms with Gasteiger partial charge in [-0.1, -0.05) is 36.4 Å². The van der Waals surface area contributed by atoms with Crippen molar-refractivity contribution >= 4 is 33.5 Å². The zero-order chi connectivity index (χ0) is 21.8. The van der Waals surface area contributed by atoms with Gasteiger partial charge in [0, 0.05) is 56.4 Å². The first kappa shape index (κ1) is 21.5. The molecule has 0 spiro atoms. The van der Waals surface area contributed by atoms with Crippen LogP contribution in [-0.4, -0.2) is 68.1 Å². The van der Waals surface area contributed by atoms with Crippen LogP contribution in [0.25, 0.3) is 16.3 Å². The summed E-state index contributed by atoms with van der Waals surface area (Å²) in [7, 11) is 5.24. The highest BCUT2D eigenvalue weighted by atomic mass is 32.1. The quantitative estimate of drug-likeness (QED) is 0.581. The zero-order valence-electron chi connectivity index (χ0n) is 18.1. The number of ether oxygens (including phenoxy) is 2. The molecule has 0 saturated carbocycles. The predicted molar refractivity (Wildman–Crippen MR) is 125 cm³/mol. The number of amides is 1. The molecule has 31 heavy (non-hydrogen) atoms. The molecule has 1 amide bonds. The molecule has 6 nitrogen and oxygen atoms in total. The Hall–Kier alpha value is -2.74. The lowest BCUT2D eigenvalue weighted by Crippen LogP contribution is -2.38. The van der Waals surface area contributed by atoms with E-state index in [1.165, 1.54) is 11.3 Å². The van der Waals surface area contributed by atoms with E-state index in [1.807, 2.05) is 36.4 Å². The summed E-state index contributed by atoms with van der Waals surface area (Å²) in [4.78, 5) is 22.9. The summed E-state index contributed by atoms with van der Waals surface area (Å²) in [6, 6.07) is 11.9. The van der Waals surface area contributed by atoms with Crippen LogP contribution in [-0.2, 0) is 4.74 Å². The van der Waals surface area contributed by atoms with Gasteiger partial charge in [0.25, 0.3) is 5.91 Å². The molecule has 1 aromatic carbocycles. The minimum atomic E-state index is -0.162. The number of carbonyl (C=O) groups is 1. The van der Waals surface area contributed by atoms with Gasteiger partial charge in [-0.2, -0.15) is 0 Å². The zero-order valence-corrected chi connectivity index (χ0v) is 18.9. The minimum Gasteiger partial charge on any atom is -0.496 e. The van der Waals surface area contributed by atoms with E-state index >= 15 is 0 Å². The van der Waals surface area contributed by atoms with Crippen LogP contribution in [0.5, 0.6) is 5.75 Å². The molecular formula is C24H27N3O3S. The fraction of sp³-hybridized carbons (Fsp3) is 0.333. The number of para-hydroxylation sites is 1. The van der Waals surface area contributed by atoms with E-state index in [0.29, 0.717) is 6.61 Å². The van der Waals surface area contributed by atoms with Crippen molar-refractivity contribution in [2.24, 2.45) is 0 Å². The molecule has 1 atom stereocenters. The Morgan fingerprint density at radius 2 is 2.16 bits per heavy atom. The number of nitrogens with zero attached hydrogens (tertiary/aromatic N) is 3. The molecule has 0 N–H and O–H groups in total. The Kier molecular flexibility index (Phi) is 6.65. The van der Waals surface area contributed by atoms with Crippen molar-refractivity contribution in [3.05, 3.63) is 64.7 Å². The van der Waals surface area contributed by atoms with Gasteiger partial charge < -0.3 is 14.4 Å². The van der Waals surface area contributed by atoms with Crippen molar-refractivity contribution in [1.82, 2.24) is 14.8 Å². The molecule has 162 valence electrons. The van der Waals surface area contributed by atoms with Crippen molar-refractivity contribution < 1.29 is 14.3 Å².